The van der Waals surface area contributed by atoms with Crippen molar-refractivity contribution >= 4 is 23.1 Å². The number of hydrogen-bond donors (Lipinski definition) is 2. The molecule has 8 heteroatoms. The zero-order valence-electron chi connectivity index (χ0n) is 13.1. The van der Waals surface area contributed by atoms with E-state index < -0.39 is 6.17 Å². The number of aromatic nitrogens is 5. The lowest BCUT2D eigenvalue weighted by Crippen LogP contribution is -2.23. The molecule has 0 unspecified atom stereocenters. The van der Waals surface area contributed by atoms with Crippen LogP contribution in [0, 0.1) is 0 Å². The summed E-state index contributed by atoms with van der Waals surface area (Å²) >= 11 is 0. The third-order valence-electron chi connectivity index (χ3n) is 4.65. The van der Waals surface area contributed by atoms with Gasteiger partial charge in [-0.15, -0.1) is 5.10 Å². The number of nitrogens with one attached hydrogen (secondary N) is 2. The van der Waals surface area contributed by atoms with Crippen molar-refractivity contribution in [3.63, 3.8) is 0 Å². The second-order valence-corrected chi connectivity index (χ2v) is 6.54. The Hall–Kier alpha value is -2.64. The highest BCUT2D eigenvalue weighted by atomic mass is 19.1. The second kappa shape index (κ2) is 5.19. The average Bonchev–Trinajstić information content (AvgIpc) is 2.99. The molecule has 2 N–H and O–H groups in total. The van der Waals surface area contributed by atoms with Crippen LogP contribution < -0.4 is 10.2 Å². The minimum absolute atomic E-state index is 0.348. The van der Waals surface area contributed by atoms with E-state index in [-0.39, 0.29) is 0 Å². The molecule has 3 aromatic rings. The highest BCUT2D eigenvalue weighted by molar-refractivity contribution is 5.73. The molecule has 3 aromatic heterocycles. The summed E-state index contributed by atoms with van der Waals surface area (Å²) in [6.07, 6.45) is 4.04. The number of aromatic amines is 1. The van der Waals surface area contributed by atoms with Gasteiger partial charge >= 0.3 is 0 Å². The average molecular weight is 327 g/mol. The molecule has 1 aliphatic carbocycles. The molecule has 2 aliphatic rings. The van der Waals surface area contributed by atoms with Gasteiger partial charge in [-0.25, -0.2) is 8.91 Å². The largest absolute Gasteiger partial charge is 0.336 e. The van der Waals surface area contributed by atoms with Crippen molar-refractivity contribution in [3.05, 3.63) is 30.1 Å². The maximum absolute atomic E-state index is 13.5. The molecule has 1 atom stereocenters. The third-order valence-corrected chi connectivity index (χ3v) is 4.65. The number of alkyl halides is 1. The Morgan fingerprint density at radius 1 is 1.29 bits per heavy atom. The molecule has 0 bridgehead atoms. The highest BCUT2D eigenvalue weighted by Crippen LogP contribution is 2.39. The molecule has 0 spiro atoms. The lowest BCUT2D eigenvalue weighted by Gasteiger charge is -2.16. The lowest BCUT2D eigenvalue weighted by atomic mass is 10.3. The number of H-pyrrole nitrogens is 1. The smallest absolute Gasteiger partial charge is 0.245 e. The normalized spacial score (nSPS) is 20.9. The summed E-state index contributed by atoms with van der Waals surface area (Å²) in [6, 6.07) is 5.90. The van der Waals surface area contributed by atoms with Gasteiger partial charge in [0.25, 0.3) is 0 Å². The van der Waals surface area contributed by atoms with E-state index in [1.54, 1.807) is 4.52 Å². The SMILES string of the molecule is F[C@H]1CCN(c2nc(Nc3cc(C4CC4)[nH]n3)c3cccn3n2)C1. The van der Waals surface area contributed by atoms with Crippen LogP contribution in [-0.4, -0.2) is 44.1 Å². The van der Waals surface area contributed by atoms with Gasteiger partial charge in [-0.3, -0.25) is 5.10 Å². The summed E-state index contributed by atoms with van der Waals surface area (Å²) in [6.45, 7) is 0.988. The van der Waals surface area contributed by atoms with Gasteiger partial charge in [0.1, 0.15) is 11.7 Å². The summed E-state index contributed by atoms with van der Waals surface area (Å²) in [5, 5.41) is 15.2. The molecule has 0 amide bonds. The number of hydrogen-bond acceptors (Lipinski definition) is 5. The number of anilines is 3. The Morgan fingerprint density at radius 2 is 2.21 bits per heavy atom. The quantitative estimate of drug-likeness (QED) is 0.770. The van der Waals surface area contributed by atoms with Crippen LogP contribution in [0.4, 0.5) is 22.0 Å². The Labute approximate surface area is 137 Å². The lowest BCUT2D eigenvalue weighted by molar-refractivity contribution is 0.364. The van der Waals surface area contributed by atoms with E-state index in [4.69, 9.17) is 0 Å². The molecule has 0 radical (unpaired) electrons. The zero-order valence-corrected chi connectivity index (χ0v) is 13.1. The molecule has 5 rings (SSSR count). The van der Waals surface area contributed by atoms with Gasteiger partial charge in [-0.1, -0.05) is 0 Å². The number of fused-ring (bicyclic) bond motifs is 1. The van der Waals surface area contributed by atoms with E-state index in [0.29, 0.717) is 37.2 Å². The fourth-order valence-electron chi connectivity index (χ4n) is 3.17. The molecule has 24 heavy (non-hydrogen) atoms. The monoisotopic (exact) mass is 327 g/mol. The Bertz CT molecular complexity index is 882. The number of rotatable bonds is 4. The van der Waals surface area contributed by atoms with Gasteiger partial charge in [0.15, 0.2) is 11.6 Å². The van der Waals surface area contributed by atoms with Crippen molar-refractivity contribution in [2.75, 3.05) is 23.3 Å². The summed E-state index contributed by atoms with van der Waals surface area (Å²) in [5.74, 6) is 2.59. The maximum atomic E-state index is 13.5. The summed E-state index contributed by atoms with van der Waals surface area (Å²) in [7, 11) is 0. The molecular formula is C16H18FN7. The van der Waals surface area contributed by atoms with Gasteiger partial charge in [-0.05, 0) is 31.4 Å². The van der Waals surface area contributed by atoms with Crippen molar-refractivity contribution in [2.24, 2.45) is 0 Å². The fourth-order valence-corrected chi connectivity index (χ4v) is 3.17. The van der Waals surface area contributed by atoms with Crippen molar-refractivity contribution in [1.82, 2.24) is 24.8 Å². The fraction of sp³-hybridized carbons (Fsp3) is 0.438. The van der Waals surface area contributed by atoms with Crippen LogP contribution in [0.1, 0.15) is 30.9 Å². The standard InChI is InChI=1S/C16H18FN7/c17-11-5-7-23(9-11)16-19-15(13-2-1-6-24(13)22-16)18-14-8-12(20-21-14)10-3-4-10/h1-2,6,8,10-11H,3-5,7,9H2,(H2,18,19,20,21,22)/t11-/m0/s1. The van der Waals surface area contributed by atoms with Gasteiger partial charge in [0.2, 0.25) is 5.95 Å². The van der Waals surface area contributed by atoms with E-state index >= 15 is 0 Å². The Balaban J connectivity index is 1.49. The molecule has 1 aliphatic heterocycles. The van der Waals surface area contributed by atoms with Crippen LogP contribution in [0.5, 0.6) is 0 Å². The molecular weight excluding hydrogens is 309 g/mol. The van der Waals surface area contributed by atoms with E-state index in [0.717, 1.165) is 17.0 Å². The molecule has 2 fully saturated rings. The minimum atomic E-state index is -0.808. The molecule has 0 aromatic carbocycles. The Kier molecular flexibility index (Phi) is 2.97. The van der Waals surface area contributed by atoms with Crippen molar-refractivity contribution in [1.29, 1.82) is 0 Å². The van der Waals surface area contributed by atoms with E-state index in [9.17, 15) is 4.39 Å². The van der Waals surface area contributed by atoms with Crippen LogP contribution in [0.2, 0.25) is 0 Å². The van der Waals surface area contributed by atoms with E-state index in [1.807, 2.05) is 29.3 Å². The van der Waals surface area contributed by atoms with Gasteiger partial charge in [-0.2, -0.15) is 10.1 Å². The van der Waals surface area contributed by atoms with Crippen LogP contribution in [0.3, 0.4) is 0 Å². The van der Waals surface area contributed by atoms with Crippen LogP contribution in [0.25, 0.3) is 5.52 Å². The first kappa shape index (κ1) is 13.8. The van der Waals surface area contributed by atoms with Crippen LogP contribution >= 0.6 is 0 Å². The Morgan fingerprint density at radius 3 is 3.00 bits per heavy atom. The van der Waals surface area contributed by atoms with Gasteiger partial charge < -0.3 is 10.2 Å². The number of halogens is 1. The molecule has 124 valence electrons. The van der Waals surface area contributed by atoms with Crippen molar-refractivity contribution in [3.8, 4) is 0 Å². The topological polar surface area (TPSA) is 74.1 Å². The molecule has 1 saturated carbocycles. The molecule has 4 heterocycles. The van der Waals surface area contributed by atoms with Crippen LogP contribution in [0.15, 0.2) is 24.4 Å². The van der Waals surface area contributed by atoms with E-state index in [1.165, 1.54) is 12.8 Å². The summed E-state index contributed by atoms with van der Waals surface area (Å²) in [4.78, 5) is 6.50. The van der Waals surface area contributed by atoms with E-state index in [2.05, 4.69) is 25.6 Å². The molecule has 1 saturated heterocycles. The van der Waals surface area contributed by atoms with Gasteiger partial charge in [0, 0.05) is 30.4 Å². The van der Waals surface area contributed by atoms with Crippen molar-refractivity contribution < 1.29 is 4.39 Å². The maximum Gasteiger partial charge on any atom is 0.245 e. The predicted molar refractivity (Wildman–Crippen MR) is 88.6 cm³/mol. The van der Waals surface area contributed by atoms with Crippen molar-refractivity contribution in [2.45, 2.75) is 31.4 Å². The number of nitrogens with zero attached hydrogens (tertiary/aromatic N) is 5. The summed E-state index contributed by atoms with van der Waals surface area (Å²) < 4.78 is 15.3. The first-order valence-electron chi connectivity index (χ1n) is 8.33. The molecule has 7 nitrogen and oxygen atoms in total. The minimum Gasteiger partial charge on any atom is -0.336 e. The first-order chi connectivity index (χ1) is 11.8. The second-order valence-electron chi connectivity index (χ2n) is 6.54. The third kappa shape index (κ3) is 2.38. The zero-order chi connectivity index (χ0) is 16.1. The predicted octanol–water partition coefficient (Wildman–Crippen LogP) is 2.62. The summed E-state index contributed by atoms with van der Waals surface area (Å²) in [5.41, 5.74) is 2.03. The van der Waals surface area contributed by atoms with Gasteiger partial charge in [0.05, 0.1) is 6.54 Å². The highest BCUT2D eigenvalue weighted by Gasteiger charge is 2.27. The first-order valence-corrected chi connectivity index (χ1v) is 8.33. The van der Waals surface area contributed by atoms with Crippen LogP contribution in [-0.2, 0) is 0 Å².